The summed E-state index contributed by atoms with van der Waals surface area (Å²) < 4.78 is 19.1. The van der Waals surface area contributed by atoms with Crippen LogP contribution in [-0.4, -0.2) is 24.1 Å². The van der Waals surface area contributed by atoms with E-state index in [0.717, 1.165) is 16.7 Å². The molecule has 0 bridgehead atoms. The normalized spacial score (nSPS) is 10.6. The Kier molecular flexibility index (Phi) is 3.39. The summed E-state index contributed by atoms with van der Waals surface area (Å²) in [5.41, 5.74) is 1.11. The van der Waals surface area contributed by atoms with Gasteiger partial charge in [0.2, 0.25) is 0 Å². The van der Waals surface area contributed by atoms with Crippen molar-refractivity contribution < 1.29 is 9.13 Å². The van der Waals surface area contributed by atoms with Crippen molar-refractivity contribution in [3.8, 4) is 17.1 Å². The van der Waals surface area contributed by atoms with Gasteiger partial charge in [0.15, 0.2) is 5.82 Å². The number of hydrogen-bond acceptors (Lipinski definition) is 4. The minimum absolute atomic E-state index is 0.340. The summed E-state index contributed by atoms with van der Waals surface area (Å²) in [6, 6.07) is 12.0. The Labute approximate surface area is 121 Å². The van der Waals surface area contributed by atoms with Gasteiger partial charge in [-0.15, -0.1) is 0 Å². The zero-order chi connectivity index (χ0) is 14.8. The standard InChI is InChI=1S/C16H14FN3O/c1-18-15-12-9-10(21-2)7-8-14(12)19-16(20-15)11-5-3-4-6-13(11)17/h3-9H,1-2H3,(H,18,19,20). The molecule has 0 atom stereocenters. The first-order valence-electron chi connectivity index (χ1n) is 6.51. The Hall–Kier alpha value is -2.69. The largest absolute Gasteiger partial charge is 0.497 e. The second-order valence-electron chi connectivity index (χ2n) is 4.51. The van der Waals surface area contributed by atoms with E-state index >= 15 is 0 Å². The van der Waals surface area contributed by atoms with E-state index in [1.54, 1.807) is 32.4 Å². The molecule has 0 fully saturated rings. The van der Waals surface area contributed by atoms with Crippen LogP contribution in [0.3, 0.4) is 0 Å². The molecule has 0 amide bonds. The fourth-order valence-corrected chi connectivity index (χ4v) is 2.19. The second kappa shape index (κ2) is 5.36. The SMILES string of the molecule is CNc1nc(-c2ccccc2F)nc2ccc(OC)cc12. The van der Waals surface area contributed by atoms with E-state index in [-0.39, 0.29) is 5.82 Å². The maximum absolute atomic E-state index is 13.9. The van der Waals surface area contributed by atoms with Crippen LogP contribution in [0.25, 0.3) is 22.3 Å². The highest BCUT2D eigenvalue weighted by molar-refractivity contribution is 5.91. The number of halogens is 1. The highest BCUT2D eigenvalue weighted by Crippen LogP contribution is 2.28. The van der Waals surface area contributed by atoms with E-state index in [9.17, 15) is 4.39 Å². The smallest absolute Gasteiger partial charge is 0.165 e. The summed E-state index contributed by atoms with van der Waals surface area (Å²) in [6.45, 7) is 0. The zero-order valence-corrected chi connectivity index (χ0v) is 11.7. The molecule has 0 saturated carbocycles. The Morgan fingerprint density at radius 3 is 2.62 bits per heavy atom. The summed E-state index contributed by atoms with van der Waals surface area (Å²) >= 11 is 0. The van der Waals surface area contributed by atoms with Crippen LogP contribution in [0.4, 0.5) is 10.2 Å². The van der Waals surface area contributed by atoms with E-state index in [0.29, 0.717) is 17.2 Å². The van der Waals surface area contributed by atoms with E-state index < -0.39 is 0 Å². The average molecular weight is 283 g/mol. The van der Waals surface area contributed by atoms with Gasteiger partial charge in [-0.05, 0) is 30.3 Å². The second-order valence-corrected chi connectivity index (χ2v) is 4.51. The number of aromatic nitrogens is 2. The van der Waals surface area contributed by atoms with Crippen LogP contribution in [-0.2, 0) is 0 Å². The van der Waals surface area contributed by atoms with Crippen molar-refractivity contribution in [3.05, 3.63) is 48.3 Å². The number of hydrogen-bond donors (Lipinski definition) is 1. The van der Waals surface area contributed by atoms with E-state index in [4.69, 9.17) is 4.74 Å². The van der Waals surface area contributed by atoms with Gasteiger partial charge in [-0.3, -0.25) is 0 Å². The predicted molar refractivity (Wildman–Crippen MR) is 81.0 cm³/mol. The Bertz CT molecular complexity index is 805. The number of methoxy groups -OCH3 is 1. The molecule has 0 radical (unpaired) electrons. The van der Waals surface area contributed by atoms with Gasteiger partial charge in [0.25, 0.3) is 0 Å². The fraction of sp³-hybridized carbons (Fsp3) is 0.125. The van der Waals surface area contributed by atoms with Crippen molar-refractivity contribution in [2.75, 3.05) is 19.5 Å². The third-order valence-corrected chi connectivity index (χ3v) is 3.25. The quantitative estimate of drug-likeness (QED) is 0.799. The Morgan fingerprint density at radius 1 is 1.10 bits per heavy atom. The molecule has 106 valence electrons. The molecule has 21 heavy (non-hydrogen) atoms. The first-order valence-corrected chi connectivity index (χ1v) is 6.51. The van der Waals surface area contributed by atoms with Crippen molar-refractivity contribution in [1.29, 1.82) is 0 Å². The first kappa shape index (κ1) is 13.3. The summed E-state index contributed by atoms with van der Waals surface area (Å²) in [6.07, 6.45) is 0. The van der Waals surface area contributed by atoms with Gasteiger partial charge in [0.05, 0.1) is 18.2 Å². The minimum Gasteiger partial charge on any atom is -0.497 e. The number of nitrogens with one attached hydrogen (secondary N) is 1. The average Bonchev–Trinajstić information content (AvgIpc) is 2.53. The molecule has 2 aromatic carbocycles. The van der Waals surface area contributed by atoms with Gasteiger partial charge in [-0.1, -0.05) is 12.1 Å². The van der Waals surface area contributed by atoms with Crippen LogP contribution < -0.4 is 10.1 Å². The van der Waals surface area contributed by atoms with Gasteiger partial charge in [0.1, 0.15) is 17.4 Å². The number of rotatable bonds is 3. The lowest BCUT2D eigenvalue weighted by atomic mass is 10.1. The molecule has 0 saturated heterocycles. The van der Waals surface area contributed by atoms with Gasteiger partial charge in [-0.25, -0.2) is 14.4 Å². The predicted octanol–water partition coefficient (Wildman–Crippen LogP) is 3.49. The van der Waals surface area contributed by atoms with Crippen molar-refractivity contribution in [2.24, 2.45) is 0 Å². The van der Waals surface area contributed by atoms with Gasteiger partial charge < -0.3 is 10.1 Å². The number of ether oxygens (including phenoxy) is 1. The fourth-order valence-electron chi connectivity index (χ4n) is 2.19. The lowest BCUT2D eigenvalue weighted by Gasteiger charge is -2.10. The van der Waals surface area contributed by atoms with E-state index in [1.165, 1.54) is 6.07 Å². The van der Waals surface area contributed by atoms with Crippen LogP contribution in [0.1, 0.15) is 0 Å². The molecule has 0 aliphatic heterocycles. The maximum Gasteiger partial charge on any atom is 0.165 e. The monoisotopic (exact) mass is 283 g/mol. The molecular weight excluding hydrogens is 269 g/mol. The topological polar surface area (TPSA) is 47.0 Å². The molecule has 5 heteroatoms. The number of anilines is 1. The third kappa shape index (κ3) is 2.38. The van der Waals surface area contributed by atoms with E-state index in [2.05, 4.69) is 15.3 Å². The molecule has 0 unspecified atom stereocenters. The summed E-state index contributed by atoms with van der Waals surface area (Å²) in [7, 11) is 3.38. The van der Waals surface area contributed by atoms with Crippen molar-refractivity contribution >= 4 is 16.7 Å². The highest BCUT2D eigenvalue weighted by Gasteiger charge is 2.12. The Balaban J connectivity index is 2.25. The summed E-state index contributed by atoms with van der Waals surface area (Å²) in [5, 5.41) is 3.85. The van der Waals surface area contributed by atoms with Crippen LogP contribution in [0.15, 0.2) is 42.5 Å². The van der Waals surface area contributed by atoms with Gasteiger partial charge in [-0.2, -0.15) is 0 Å². The molecule has 4 nitrogen and oxygen atoms in total. The van der Waals surface area contributed by atoms with Crippen LogP contribution in [0, 0.1) is 5.82 Å². The van der Waals surface area contributed by atoms with Crippen LogP contribution >= 0.6 is 0 Å². The van der Waals surface area contributed by atoms with Crippen LogP contribution in [0.5, 0.6) is 5.75 Å². The van der Waals surface area contributed by atoms with Crippen molar-refractivity contribution in [3.63, 3.8) is 0 Å². The lowest BCUT2D eigenvalue weighted by Crippen LogP contribution is -2.00. The summed E-state index contributed by atoms with van der Waals surface area (Å²) in [5.74, 6) is 1.38. The maximum atomic E-state index is 13.9. The minimum atomic E-state index is -0.340. The van der Waals surface area contributed by atoms with Crippen molar-refractivity contribution in [2.45, 2.75) is 0 Å². The molecule has 1 heterocycles. The first-order chi connectivity index (χ1) is 10.2. The summed E-state index contributed by atoms with van der Waals surface area (Å²) in [4.78, 5) is 8.85. The van der Waals surface area contributed by atoms with E-state index in [1.807, 2.05) is 18.2 Å². The number of nitrogens with zero attached hydrogens (tertiary/aromatic N) is 2. The lowest BCUT2D eigenvalue weighted by molar-refractivity contribution is 0.415. The molecular formula is C16H14FN3O. The highest BCUT2D eigenvalue weighted by atomic mass is 19.1. The molecule has 0 aliphatic rings. The molecule has 0 aliphatic carbocycles. The molecule has 1 N–H and O–H groups in total. The third-order valence-electron chi connectivity index (χ3n) is 3.25. The van der Waals surface area contributed by atoms with Crippen LogP contribution in [0.2, 0.25) is 0 Å². The van der Waals surface area contributed by atoms with Crippen molar-refractivity contribution in [1.82, 2.24) is 9.97 Å². The van der Waals surface area contributed by atoms with Gasteiger partial charge >= 0.3 is 0 Å². The molecule has 1 aromatic heterocycles. The molecule has 0 spiro atoms. The molecule has 3 rings (SSSR count). The molecule has 3 aromatic rings. The zero-order valence-electron chi connectivity index (χ0n) is 11.7. The number of fused-ring (bicyclic) bond motifs is 1. The number of benzene rings is 2. The van der Waals surface area contributed by atoms with Gasteiger partial charge in [0, 0.05) is 12.4 Å². The Morgan fingerprint density at radius 2 is 1.90 bits per heavy atom.